The smallest absolute Gasteiger partial charge is 0.308 e. The van der Waals surface area contributed by atoms with Crippen molar-refractivity contribution in [1.29, 1.82) is 0 Å². The van der Waals surface area contributed by atoms with E-state index in [1.165, 1.54) is 6.07 Å². The van der Waals surface area contributed by atoms with Crippen LogP contribution in [0.15, 0.2) is 18.2 Å². The van der Waals surface area contributed by atoms with Crippen LogP contribution in [-0.4, -0.2) is 54.5 Å². The van der Waals surface area contributed by atoms with Crippen LogP contribution in [0.4, 0.5) is 15.8 Å². The maximum atomic E-state index is 14.9. The molecule has 1 aromatic rings. The van der Waals surface area contributed by atoms with Crippen molar-refractivity contribution in [2.75, 3.05) is 23.3 Å². The molecule has 2 saturated heterocycles. The van der Waals surface area contributed by atoms with Crippen LogP contribution in [0.1, 0.15) is 52.9 Å². The number of rotatable bonds is 7. The van der Waals surface area contributed by atoms with E-state index in [-0.39, 0.29) is 24.7 Å². The number of anilines is 2. The molecule has 0 bridgehead atoms. The third kappa shape index (κ3) is 6.43. The van der Waals surface area contributed by atoms with Gasteiger partial charge in [-0.15, -0.1) is 0 Å². The summed E-state index contributed by atoms with van der Waals surface area (Å²) in [6.45, 7) is 6.25. The van der Waals surface area contributed by atoms with Crippen LogP contribution in [0.2, 0.25) is 0 Å². The fraction of sp³-hybridized carbons (Fsp3) is 0.565. The first-order valence-electron chi connectivity index (χ1n) is 11.1. The lowest BCUT2D eigenvalue weighted by Crippen LogP contribution is -2.54. The minimum absolute atomic E-state index is 0.0497. The second-order valence-electron chi connectivity index (χ2n) is 9.61. The monoisotopic (exact) mass is 462 g/mol. The van der Waals surface area contributed by atoms with Crippen molar-refractivity contribution < 1.29 is 28.3 Å². The van der Waals surface area contributed by atoms with E-state index in [1.54, 1.807) is 32.9 Å². The van der Waals surface area contributed by atoms with Crippen LogP contribution in [0.25, 0.3) is 0 Å². The van der Waals surface area contributed by atoms with Gasteiger partial charge >= 0.3 is 5.97 Å². The first-order chi connectivity index (χ1) is 15.5. The fourth-order valence-corrected chi connectivity index (χ4v) is 4.21. The lowest BCUT2D eigenvalue weighted by atomic mass is 9.84. The van der Waals surface area contributed by atoms with Crippen LogP contribution >= 0.6 is 0 Å². The van der Waals surface area contributed by atoms with Gasteiger partial charge in [0.2, 0.25) is 18.2 Å². The predicted molar refractivity (Wildman–Crippen MR) is 120 cm³/mol. The molecule has 0 spiro atoms. The molecule has 1 atom stereocenters. The van der Waals surface area contributed by atoms with E-state index in [4.69, 9.17) is 4.74 Å². The molecule has 1 unspecified atom stereocenters. The standard InChI is InChI=1S/C23H31FN4O5/c1-22(2,3)33-20(31)13-23(25-14-29)8-10-28(11-9-23)18-6-4-15(12-16(18)24)26-17-5-7-19(30)27-21(17)32/h4,6,12,14,17,26H,5,7-11,13H2,1-3H3,(H,25,29)(H,27,30,32). The van der Waals surface area contributed by atoms with E-state index in [2.05, 4.69) is 16.0 Å². The SMILES string of the molecule is CC(C)(C)OC(=O)CC1(NC=O)CCN(c2ccc(NC3CCC(=O)NC3=O)cc2F)CC1. The molecule has 3 N–H and O–H groups in total. The molecule has 180 valence electrons. The number of hydrogen-bond donors (Lipinski definition) is 3. The van der Waals surface area contributed by atoms with Crippen molar-refractivity contribution in [2.24, 2.45) is 0 Å². The second-order valence-corrected chi connectivity index (χ2v) is 9.61. The zero-order chi connectivity index (χ0) is 24.2. The number of carbonyl (C=O) groups is 4. The number of ether oxygens (including phenoxy) is 1. The molecule has 33 heavy (non-hydrogen) atoms. The van der Waals surface area contributed by atoms with Gasteiger partial charge in [-0.2, -0.15) is 0 Å². The fourth-order valence-electron chi connectivity index (χ4n) is 4.21. The van der Waals surface area contributed by atoms with Crippen LogP contribution < -0.4 is 20.9 Å². The Morgan fingerprint density at radius 2 is 2.00 bits per heavy atom. The highest BCUT2D eigenvalue weighted by atomic mass is 19.1. The van der Waals surface area contributed by atoms with E-state index in [1.807, 2.05) is 4.90 Å². The predicted octanol–water partition coefficient (Wildman–Crippen LogP) is 1.86. The van der Waals surface area contributed by atoms with E-state index < -0.39 is 28.9 Å². The van der Waals surface area contributed by atoms with Crippen LogP contribution in [0.3, 0.4) is 0 Å². The Balaban J connectivity index is 1.63. The maximum absolute atomic E-state index is 14.9. The van der Waals surface area contributed by atoms with Crippen molar-refractivity contribution in [1.82, 2.24) is 10.6 Å². The average molecular weight is 463 g/mol. The Bertz CT molecular complexity index is 922. The van der Waals surface area contributed by atoms with E-state index in [0.29, 0.717) is 50.1 Å². The molecule has 3 amide bonds. The second kappa shape index (κ2) is 9.76. The summed E-state index contributed by atoms with van der Waals surface area (Å²) in [6.07, 6.45) is 2.15. The molecular formula is C23H31FN4O5. The van der Waals surface area contributed by atoms with E-state index >= 15 is 0 Å². The molecule has 1 aromatic carbocycles. The highest BCUT2D eigenvalue weighted by molar-refractivity contribution is 6.01. The number of benzene rings is 1. The number of nitrogens with zero attached hydrogens (tertiary/aromatic N) is 1. The summed E-state index contributed by atoms with van der Waals surface area (Å²) in [7, 11) is 0. The first-order valence-corrected chi connectivity index (χ1v) is 11.1. The third-order valence-electron chi connectivity index (χ3n) is 5.86. The van der Waals surface area contributed by atoms with Crippen LogP contribution in [-0.2, 0) is 23.9 Å². The quantitative estimate of drug-likeness (QED) is 0.322. The summed E-state index contributed by atoms with van der Waals surface area (Å²) in [4.78, 5) is 48.6. The van der Waals surface area contributed by atoms with Crippen LogP contribution in [0.5, 0.6) is 0 Å². The topological polar surface area (TPSA) is 117 Å². The van der Waals surface area contributed by atoms with Crippen molar-refractivity contribution in [3.63, 3.8) is 0 Å². The van der Waals surface area contributed by atoms with Gasteiger partial charge in [-0.1, -0.05) is 0 Å². The van der Waals surface area contributed by atoms with Gasteiger partial charge in [-0.05, 0) is 58.2 Å². The first kappa shape index (κ1) is 24.5. The molecule has 3 rings (SSSR count). The summed E-state index contributed by atoms with van der Waals surface area (Å²) in [5.74, 6) is -1.57. The molecule has 0 aliphatic carbocycles. The third-order valence-corrected chi connectivity index (χ3v) is 5.86. The molecule has 10 heteroatoms. The number of halogens is 1. The van der Waals surface area contributed by atoms with Gasteiger partial charge in [0.25, 0.3) is 0 Å². The van der Waals surface area contributed by atoms with Gasteiger partial charge in [0.15, 0.2) is 0 Å². The largest absolute Gasteiger partial charge is 0.460 e. The number of esters is 1. The molecule has 0 saturated carbocycles. The maximum Gasteiger partial charge on any atom is 0.308 e. The molecule has 2 aliphatic heterocycles. The molecule has 0 radical (unpaired) electrons. The zero-order valence-electron chi connectivity index (χ0n) is 19.2. The molecular weight excluding hydrogens is 431 g/mol. The Morgan fingerprint density at radius 1 is 1.30 bits per heavy atom. The Kier molecular flexibility index (Phi) is 7.24. The van der Waals surface area contributed by atoms with Crippen molar-refractivity contribution in [3.05, 3.63) is 24.0 Å². The molecule has 2 fully saturated rings. The summed E-state index contributed by atoms with van der Waals surface area (Å²) in [6, 6.07) is 4.06. The molecule has 2 aliphatic rings. The summed E-state index contributed by atoms with van der Waals surface area (Å²) >= 11 is 0. The van der Waals surface area contributed by atoms with Crippen LogP contribution in [0, 0.1) is 5.82 Å². The van der Waals surface area contributed by atoms with Gasteiger partial charge < -0.3 is 20.3 Å². The van der Waals surface area contributed by atoms with Gasteiger partial charge in [-0.3, -0.25) is 24.5 Å². The number of hydrogen-bond acceptors (Lipinski definition) is 7. The minimum Gasteiger partial charge on any atom is -0.460 e. The highest BCUT2D eigenvalue weighted by Gasteiger charge is 2.38. The molecule has 0 aromatic heterocycles. The summed E-state index contributed by atoms with van der Waals surface area (Å²) < 4.78 is 20.3. The number of nitrogens with one attached hydrogen (secondary N) is 3. The molecule has 2 heterocycles. The van der Waals surface area contributed by atoms with E-state index in [9.17, 15) is 23.6 Å². The van der Waals surface area contributed by atoms with Crippen molar-refractivity contribution in [3.8, 4) is 0 Å². The highest BCUT2D eigenvalue weighted by Crippen LogP contribution is 2.32. The number of carbonyl (C=O) groups excluding carboxylic acids is 4. The lowest BCUT2D eigenvalue weighted by molar-refractivity contribution is -0.157. The van der Waals surface area contributed by atoms with Gasteiger partial charge in [0.1, 0.15) is 17.5 Å². The van der Waals surface area contributed by atoms with E-state index in [0.717, 1.165) is 0 Å². The Morgan fingerprint density at radius 3 is 2.58 bits per heavy atom. The summed E-state index contributed by atoms with van der Waals surface area (Å²) in [5, 5.41) is 8.02. The van der Waals surface area contributed by atoms with Gasteiger partial charge in [-0.25, -0.2) is 4.39 Å². The average Bonchev–Trinajstić information content (AvgIpc) is 2.70. The van der Waals surface area contributed by atoms with Crippen molar-refractivity contribution in [2.45, 2.75) is 70.1 Å². The Labute approximate surface area is 192 Å². The normalized spacial score (nSPS) is 20.6. The summed E-state index contributed by atoms with van der Waals surface area (Å²) in [5.41, 5.74) is -0.498. The number of imide groups is 1. The van der Waals surface area contributed by atoms with Crippen molar-refractivity contribution >= 4 is 35.6 Å². The lowest BCUT2D eigenvalue weighted by Gasteiger charge is -2.42. The number of amides is 3. The molecule has 9 nitrogen and oxygen atoms in total. The minimum atomic E-state index is -0.732. The number of piperidine rings is 2. The Hall–Kier alpha value is -3.17. The zero-order valence-corrected chi connectivity index (χ0v) is 19.2. The van der Waals surface area contributed by atoms with Gasteiger partial charge in [0.05, 0.1) is 17.6 Å². The van der Waals surface area contributed by atoms with Gasteiger partial charge in [0, 0.05) is 25.2 Å².